The van der Waals surface area contributed by atoms with Gasteiger partial charge in [-0.15, -0.1) is 10.2 Å². The molecule has 0 unspecified atom stereocenters. The third kappa shape index (κ3) is 6.22. The lowest BCUT2D eigenvalue weighted by atomic mass is 10.2. The van der Waals surface area contributed by atoms with E-state index in [1.807, 2.05) is 47.0 Å². The Morgan fingerprint density at radius 1 is 1.00 bits per heavy atom. The molecular weight excluding hydrogens is 514 g/mol. The standard InChI is InChI=1S/C26H24ClN5O4S/c1-34-21-13-17(14-22(35-2)24(21)36-3)15-28-29-23(33)16-37-26-31-30-25(18-7-5-4-6-8-18)32(26)20-11-9-19(27)10-12-20/h4-15H,16H2,1-3H3,(H,29,33). The van der Waals surface area contributed by atoms with E-state index in [1.165, 1.54) is 39.3 Å². The second-order valence-corrected chi connectivity index (χ2v) is 8.90. The Morgan fingerprint density at radius 2 is 1.68 bits per heavy atom. The fourth-order valence-electron chi connectivity index (χ4n) is 3.48. The van der Waals surface area contributed by atoms with Crippen LogP contribution in [0.5, 0.6) is 17.2 Å². The lowest BCUT2D eigenvalue weighted by molar-refractivity contribution is -0.118. The number of thioether (sulfide) groups is 1. The van der Waals surface area contributed by atoms with Crippen molar-refractivity contribution < 1.29 is 19.0 Å². The highest BCUT2D eigenvalue weighted by Gasteiger charge is 2.17. The van der Waals surface area contributed by atoms with Gasteiger partial charge in [0.15, 0.2) is 22.5 Å². The van der Waals surface area contributed by atoms with Crippen molar-refractivity contribution in [2.75, 3.05) is 27.1 Å². The van der Waals surface area contributed by atoms with E-state index in [-0.39, 0.29) is 11.7 Å². The largest absolute Gasteiger partial charge is 0.493 e. The van der Waals surface area contributed by atoms with Crippen molar-refractivity contribution in [1.29, 1.82) is 0 Å². The molecule has 0 spiro atoms. The fourth-order valence-corrected chi connectivity index (χ4v) is 4.35. The quantitative estimate of drug-likeness (QED) is 0.175. The molecule has 0 radical (unpaired) electrons. The summed E-state index contributed by atoms with van der Waals surface area (Å²) in [4.78, 5) is 12.5. The van der Waals surface area contributed by atoms with Gasteiger partial charge in [-0.05, 0) is 36.4 Å². The minimum Gasteiger partial charge on any atom is -0.493 e. The zero-order valence-corrected chi connectivity index (χ0v) is 21.9. The van der Waals surface area contributed by atoms with Gasteiger partial charge in [0.25, 0.3) is 5.91 Å². The molecule has 1 amide bonds. The Labute approximate surface area is 223 Å². The molecule has 1 aromatic heterocycles. The van der Waals surface area contributed by atoms with Crippen LogP contribution in [0.4, 0.5) is 0 Å². The Balaban J connectivity index is 1.48. The second kappa shape index (κ2) is 12.3. The molecule has 0 fully saturated rings. The molecule has 3 aromatic carbocycles. The fraction of sp³-hybridized carbons (Fsp3) is 0.154. The average Bonchev–Trinajstić information content (AvgIpc) is 3.36. The summed E-state index contributed by atoms with van der Waals surface area (Å²) in [7, 11) is 4.59. The molecule has 1 N–H and O–H groups in total. The van der Waals surface area contributed by atoms with Crippen molar-refractivity contribution in [3.05, 3.63) is 77.3 Å². The van der Waals surface area contributed by atoms with Gasteiger partial charge in [0, 0.05) is 21.8 Å². The van der Waals surface area contributed by atoms with Gasteiger partial charge in [0.2, 0.25) is 5.75 Å². The number of methoxy groups -OCH3 is 3. The maximum absolute atomic E-state index is 12.5. The SMILES string of the molecule is COc1cc(C=NNC(=O)CSc2nnc(-c3ccccc3)n2-c2ccc(Cl)cc2)cc(OC)c1OC. The number of hydrazone groups is 1. The summed E-state index contributed by atoms with van der Waals surface area (Å²) < 4.78 is 17.9. The van der Waals surface area contributed by atoms with E-state index in [0.29, 0.717) is 38.8 Å². The number of rotatable bonds is 10. The van der Waals surface area contributed by atoms with Crippen molar-refractivity contribution in [1.82, 2.24) is 20.2 Å². The average molecular weight is 538 g/mol. The predicted octanol–water partition coefficient (Wildman–Crippen LogP) is 4.86. The first-order valence-corrected chi connectivity index (χ1v) is 12.4. The molecular formula is C26H24ClN5O4S. The van der Waals surface area contributed by atoms with Crippen molar-refractivity contribution in [3.8, 4) is 34.3 Å². The van der Waals surface area contributed by atoms with Crippen molar-refractivity contribution in [3.63, 3.8) is 0 Å². The molecule has 0 aliphatic rings. The monoisotopic (exact) mass is 537 g/mol. The summed E-state index contributed by atoms with van der Waals surface area (Å²) in [5, 5.41) is 13.9. The van der Waals surface area contributed by atoms with E-state index in [4.69, 9.17) is 25.8 Å². The van der Waals surface area contributed by atoms with Crippen molar-refractivity contribution in [2.24, 2.45) is 5.10 Å². The molecule has 4 rings (SSSR count). The highest BCUT2D eigenvalue weighted by Crippen LogP contribution is 2.37. The molecule has 0 aliphatic heterocycles. The number of carbonyl (C=O) groups is 1. The molecule has 9 nitrogen and oxygen atoms in total. The van der Waals surface area contributed by atoms with Crippen LogP contribution in [0, 0.1) is 0 Å². The van der Waals surface area contributed by atoms with Gasteiger partial charge in [0.1, 0.15) is 0 Å². The van der Waals surface area contributed by atoms with E-state index in [9.17, 15) is 4.79 Å². The molecule has 190 valence electrons. The van der Waals surface area contributed by atoms with Crippen LogP contribution in [0.15, 0.2) is 77.0 Å². The lowest BCUT2D eigenvalue weighted by Crippen LogP contribution is -2.20. The first-order valence-electron chi connectivity index (χ1n) is 11.1. The maximum atomic E-state index is 12.5. The first-order chi connectivity index (χ1) is 18.0. The molecule has 0 saturated carbocycles. The van der Waals surface area contributed by atoms with E-state index in [1.54, 1.807) is 24.3 Å². The van der Waals surface area contributed by atoms with Gasteiger partial charge in [-0.1, -0.05) is 53.7 Å². The van der Waals surface area contributed by atoms with Crippen molar-refractivity contribution >= 4 is 35.5 Å². The number of hydrogen-bond donors (Lipinski definition) is 1. The summed E-state index contributed by atoms with van der Waals surface area (Å²) in [5.74, 6) is 1.88. The summed E-state index contributed by atoms with van der Waals surface area (Å²) >= 11 is 7.33. The topological polar surface area (TPSA) is 99.9 Å². The number of nitrogens with zero attached hydrogens (tertiary/aromatic N) is 4. The number of ether oxygens (including phenoxy) is 3. The molecule has 0 saturated heterocycles. The van der Waals surface area contributed by atoms with Gasteiger partial charge in [-0.25, -0.2) is 5.43 Å². The number of benzene rings is 3. The summed E-state index contributed by atoms with van der Waals surface area (Å²) in [6.45, 7) is 0. The number of aromatic nitrogens is 3. The maximum Gasteiger partial charge on any atom is 0.250 e. The highest BCUT2D eigenvalue weighted by molar-refractivity contribution is 7.99. The number of halogens is 1. The minimum atomic E-state index is -0.305. The Bertz CT molecular complexity index is 1370. The van der Waals surface area contributed by atoms with E-state index in [0.717, 1.165) is 11.3 Å². The van der Waals surface area contributed by atoms with Crippen molar-refractivity contribution in [2.45, 2.75) is 5.16 Å². The zero-order valence-electron chi connectivity index (χ0n) is 20.3. The number of hydrogen-bond acceptors (Lipinski definition) is 8. The number of amides is 1. The predicted molar refractivity (Wildman–Crippen MR) is 144 cm³/mol. The summed E-state index contributed by atoms with van der Waals surface area (Å²) in [6, 6.07) is 20.5. The van der Waals surface area contributed by atoms with Crippen LogP contribution in [0.2, 0.25) is 5.02 Å². The van der Waals surface area contributed by atoms with Crippen LogP contribution in [-0.4, -0.2) is 54.0 Å². The van der Waals surface area contributed by atoms with Crippen LogP contribution in [0.3, 0.4) is 0 Å². The number of carbonyl (C=O) groups excluding carboxylic acids is 1. The molecule has 1 heterocycles. The zero-order chi connectivity index (χ0) is 26.2. The van der Waals surface area contributed by atoms with Gasteiger partial charge in [-0.3, -0.25) is 9.36 Å². The third-order valence-corrected chi connectivity index (χ3v) is 6.35. The summed E-state index contributed by atoms with van der Waals surface area (Å²) in [6.07, 6.45) is 1.50. The van der Waals surface area contributed by atoms with Gasteiger partial charge in [-0.2, -0.15) is 5.10 Å². The summed E-state index contributed by atoms with van der Waals surface area (Å²) in [5.41, 5.74) is 4.93. The lowest BCUT2D eigenvalue weighted by Gasteiger charge is -2.12. The van der Waals surface area contributed by atoms with Crippen LogP contribution < -0.4 is 19.6 Å². The van der Waals surface area contributed by atoms with Gasteiger partial charge in [0.05, 0.1) is 33.3 Å². The van der Waals surface area contributed by atoms with Gasteiger partial charge < -0.3 is 14.2 Å². The molecule has 0 aliphatic carbocycles. The molecule has 11 heteroatoms. The molecule has 37 heavy (non-hydrogen) atoms. The van der Waals surface area contributed by atoms with E-state index in [2.05, 4.69) is 20.7 Å². The molecule has 0 atom stereocenters. The van der Waals surface area contributed by atoms with Gasteiger partial charge >= 0.3 is 0 Å². The van der Waals surface area contributed by atoms with Crippen LogP contribution in [-0.2, 0) is 4.79 Å². The minimum absolute atomic E-state index is 0.0765. The van der Waals surface area contributed by atoms with Crippen LogP contribution >= 0.6 is 23.4 Å². The number of nitrogens with one attached hydrogen (secondary N) is 1. The van der Waals surface area contributed by atoms with Crippen LogP contribution in [0.25, 0.3) is 17.1 Å². The highest BCUT2D eigenvalue weighted by atomic mass is 35.5. The Morgan fingerprint density at radius 3 is 2.30 bits per heavy atom. The van der Waals surface area contributed by atoms with E-state index < -0.39 is 0 Å². The van der Waals surface area contributed by atoms with Crippen LogP contribution in [0.1, 0.15) is 5.56 Å². The molecule has 0 bridgehead atoms. The first kappa shape index (κ1) is 26.1. The Kier molecular flexibility index (Phi) is 8.65. The van der Waals surface area contributed by atoms with E-state index >= 15 is 0 Å². The normalized spacial score (nSPS) is 10.9. The Hall–Kier alpha value is -4.02. The smallest absolute Gasteiger partial charge is 0.250 e. The third-order valence-electron chi connectivity index (χ3n) is 5.17. The molecule has 4 aromatic rings. The second-order valence-electron chi connectivity index (χ2n) is 7.52.